The van der Waals surface area contributed by atoms with Crippen molar-refractivity contribution in [2.75, 3.05) is 0 Å². The van der Waals surface area contributed by atoms with E-state index in [1.54, 1.807) is 12.2 Å². The van der Waals surface area contributed by atoms with Crippen molar-refractivity contribution in [3.63, 3.8) is 0 Å². The SMILES string of the molecule is O=S(=O)(O)c1ccc(C2(Cl)c3ccc([nH]3)C=c3ccc([nH]3)=CC3=NC(=CC4=NC2(Cl)C=C4)C=C3)cc1. The molecule has 2 unspecified atom stereocenters. The molecule has 2 aromatic heterocycles. The summed E-state index contributed by atoms with van der Waals surface area (Å²) in [7, 11) is -4.37. The van der Waals surface area contributed by atoms with E-state index in [1.807, 2.05) is 54.6 Å². The van der Waals surface area contributed by atoms with Crippen LogP contribution in [0.4, 0.5) is 0 Å². The van der Waals surface area contributed by atoms with Gasteiger partial charge in [-0.05, 0) is 84.5 Å². The molecule has 3 N–H and O–H groups in total. The summed E-state index contributed by atoms with van der Waals surface area (Å²) in [6.45, 7) is 0. The number of halogens is 2. The average molecular weight is 537 g/mol. The second-order valence-corrected chi connectivity index (χ2v) is 11.2. The number of H-pyrrole nitrogens is 2. The molecule has 3 aromatic rings. The number of aromatic nitrogens is 2. The zero-order valence-electron chi connectivity index (χ0n) is 18.5. The molecule has 7 nitrogen and oxygen atoms in total. The van der Waals surface area contributed by atoms with Gasteiger partial charge in [0, 0.05) is 22.1 Å². The topological polar surface area (TPSA) is 111 Å². The van der Waals surface area contributed by atoms with Gasteiger partial charge >= 0.3 is 0 Å². The number of aromatic amines is 2. The molecule has 0 fully saturated rings. The van der Waals surface area contributed by atoms with Crippen molar-refractivity contribution < 1.29 is 13.0 Å². The Balaban J connectivity index is 1.59. The van der Waals surface area contributed by atoms with Gasteiger partial charge < -0.3 is 9.97 Å². The standard InChI is InChI=1S/C26H18Cl2N4O3S/c27-25-12-11-22(32-25)15-20-6-5-18(30-20)13-17-3-4-19(29-17)14-21-7-10-24(31-21)26(25,28)16-1-8-23(9-2-16)36(33,34)35/h1-15,29,31H,(H,33,34,35). The fourth-order valence-corrected chi connectivity index (χ4v) is 5.66. The lowest BCUT2D eigenvalue weighted by atomic mass is 9.87. The zero-order valence-corrected chi connectivity index (χ0v) is 20.8. The van der Waals surface area contributed by atoms with Crippen LogP contribution in [0.2, 0.25) is 0 Å². The number of fused-ring (bicyclic) bond motifs is 6. The highest BCUT2D eigenvalue weighted by molar-refractivity contribution is 7.85. The van der Waals surface area contributed by atoms with Crippen LogP contribution >= 0.6 is 23.2 Å². The van der Waals surface area contributed by atoms with Gasteiger partial charge in [0.25, 0.3) is 10.1 Å². The van der Waals surface area contributed by atoms with Crippen LogP contribution in [-0.2, 0) is 15.0 Å². The highest BCUT2D eigenvalue weighted by Crippen LogP contribution is 2.52. The van der Waals surface area contributed by atoms with Crippen LogP contribution < -0.4 is 10.7 Å². The lowest BCUT2D eigenvalue weighted by Crippen LogP contribution is -2.41. The maximum absolute atomic E-state index is 11.6. The summed E-state index contributed by atoms with van der Waals surface area (Å²) in [5, 5.41) is 1.78. The highest BCUT2D eigenvalue weighted by Gasteiger charge is 2.53. The number of aliphatic imine (C=N–C) groups is 2. The molecule has 36 heavy (non-hydrogen) atoms. The minimum atomic E-state index is -4.37. The summed E-state index contributed by atoms with van der Waals surface area (Å²) in [6, 6.07) is 13.2. The second kappa shape index (κ2) is 8.04. The summed E-state index contributed by atoms with van der Waals surface area (Å²) in [5.41, 5.74) is 3.92. The fraction of sp³-hybridized carbons (Fsp3) is 0.0769. The van der Waals surface area contributed by atoms with E-state index < -0.39 is 20.0 Å². The number of nitrogens with one attached hydrogen (secondary N) is 2. The molecule has 1 aromatic carbocycles. The number of hydrogen-bond acceptors (Lipinski definition) is 4. The molecular weight excluding hydrogens is 519 g/mol. The molecule has 0 saturated carbocycles. The second-order valence-electron chi connectivity index (χ2n) is 8.63. The first kappa shape index (κ1) is 23.0. The molecule has 0 amide bonds. The largest absolute Gasteiger partial charge is 0.357 e. The predicted octanol–water partition coefficient (Wildman–Crippen LogP) is 3.54. The molecule has 3 aliphatic heterocycles. The van der Waals surface area contributed by atoms with E-state index in [9.17, 15) is 13.0 Å². The van der Waals surface area contributed by atoms with Crippen LogP contribution in [0, 0.1) is 0 Å². The smallest absolute Gasteiger partial charge is 0.294 e. The Morgan fingerprint density at radius 2 is 1.56 bits per heavy atom. The van der Waals surface area contributed by atoms with Gasteiger partial charge in [0.15, 0.2) is 9.87 Å². The Bertz CT molecular complexity index is 1790. The lowest BCUT2D eigenvalue weighted by molar-refractivity contribution is 0.483. The van der Waals surface area contributed by atoms with Crippen molar-refractivity contribution in [2.24, 2.45) is 9.98 Å². The normalized spacial score (nSPS) is 24.6. The average Bonchev–Trinajstić information content (AvgIpc) is 3.63. The van der Waals surface area contributed by atoms with Crippen molar-refractivity contribution in [2.45, 2.75) is 14.8 Å². The van der Waals surface area contributed by atoms with Gasteiger partial charge in [-0.2, -0.15) is 8.42 Å². The molecule has 6 rings (SSSR count). The van der Waals surface area contributed by atoms with Gasteiger partial charge in [-0.25, -0.2) is 4.99 Å². The van der Waals surface area contributed by atoms with Crippen LogP contribution in [0.3, 0.4) is 0 Å². The quantitative estimate of drug-likeness (QED) is 0.264. The number of hydrogen-bond donors (Lipinski definition) is 3. The maximum Gasteiger partial charge on any atom is 0.294 e. The third-order valence-corrected chi connectivity index (χ3v) is 8.37. The number of benzene rings is 1. The van der Waals surface area contributed by atoms with Crippen molar-refractivity contribution in [1.29, 1.82) is 0 Å². The highest BCUT2D eigenvalue weighted by atomic mass is 35.5. The van der Waals surface area contributed by atoms with Gasteiger partial charge in [-0.1, -0.05) is 23.7 Å². The first-order valence-corrected chi connectivity index (χ1v) is 13.1. The number of alkyl halides is 2. The van der Waals surface area contributed by atoms with E-state index >= 15 is 0 Å². The summed E-state index contributed by atoms with van der Waals surface area (Å²) in [5.74, 6) is 0. The predicted molar refractivity (Wildman–Crippen MR) is 142 cm³/mol. The summed E-state index contributed by atoms with van der Waals surface area (Å²) in [4.78, 5) is 12.9. The van der Waals surface area contributed by atoms with Crippen LogP contribution in [0.25, 0.3) is 12.2 Å². The number of allylic oxidation sites excluding steroid dienone is 4. The zero-order chi connectivity index (χ0) is 25.1. The van der Waals surface area contributed by atoms with Gasteiger partial charge in [0.05, 0.1) is 22.0 Å². The summed E-state index contributed by atoms with van der Waals surface area (Å²) >= 11 is 14.5. The van der Waals surface area contributed by atoms with Crippen molar-refractivity contribution in [3.05, 3.63) is 112 Å². The molecule has 10 heteroatoms. The first-order chi connectivity index (χ1) is 17.1. The van der Waals surface area contributed by atoms with Crippen LogP contribution in [-0.4, -0.2) is 39.4 Å². The van der Waals surface area contributed by atoms with Gasteiger partial charge in [-0.15, -0.1) is 11.6 Å². The maximum atomic E-state index is 11.6. The van der Waals surface area contributed by atoms with E-state index in [2.05, 4.69) is 15.0 Å². The van der Waals surface area contributed by atoms with Crippen LogP contribution in [0.1, 0.15) is 17.0 Å². The Morgan fingerprint density at radius 1 is 0.806 bits per heavy atom. The van der Waals surface area contributed by atoms with Crippen LogP contribution in [0.5, 0.6) is 0 Å². The van der Waals surface area contributed by atoms with E-state index in [4.69, 9.17) is 28.2 Å². The fourth-order valence-electron chi connectivity index (χ4n) is 4.46. The van der Waals surface area contributed by atoms with E-state index in [-0.39, 0.29) is 4.90 Å². The molecule has 8 bridgehead atoms. The Kier molecular flexibility index (Phi) is 5.14. The van der Waals surface area contributed by atoms with Crippen LogP contribution in [0.15, 0.2) is 99.5 Å². The first-order valence-electron chi connectivity index (χ1n) is 10.9. The monoisotopic (exact) mass is 536 g/mol. The third kappa shape index (κ3) is 3.83. The molecule has 5 heterocycles. The molecule has 2 atom stereocenters. The van der Waals surface area contributed by atoms with Crippen molar-refractivity contribution >= 4 is 56.9 Å². The summed E-state index contributed by atoms with van der Waals surface area (Å²) in [6.07, 6.45) is 13.0. The van der Waals surface area contributed by atoms with Gasteiger partial charge in [0.2, 0.25) is 0 Å². The number of nitrogens with zero attached hydrogens (tertiary/aromatic N) is 2. The van der Waals surface area contributed by atoms with Crippen molar-refractivity contribution in [1.82, 2.24) is 9.97 Å². The Hall–Kier alpha value is -3.43. The Labute approximate surface area is 216 Å². The van der Waals surface area contributed by atoms with E-state index in [0.717, 1.165) is 27.8 Å². The third-order valence-electron chi connectivity index (χ3n) is 6.20. The number of rotatable bonds is 2. The molecule has 0 spiro atoms. The van der Waals surface area contributed by atoms with Crippen molar-refractivity contribution in [3.8, 4) is 0 Å². The molecule has 0 saturated heterocycles. The lowest BCUT2D eigenvalue weighted by Gasteiger charge is -2.36. The molecule has 180 valence electrons. The van der Waals surface area contributed by atoms with Gasteiger partial charge in [-0.3, -0.25) is 9.55 Å². The minimum absolute atomic E-state index is 0.249. The van der Waals surface area contributed by atoms with E-state index in [1.165, 1.54) is 24.3 Å². The summed E-state index contributed by atoms with van der Waals surface area (Å²) < 4.78 is 32.6. The molecular formula is C26H18Cl2N4O3S. The molecule has 0 radical (unpaired) electrons. The Morgan fingerprint density at radius 3 is 2.31 bits per heavy atom. The van der Waals surface area contributed by atoms with E-state index in [0.29, 0.717) is 17.0 Å². The van der Waals surface area contributed by atoms with Gasteiger partial charge in [0.1, 0.15) is 0 Å². The molecule has 0 aliphatic carbocycles. The molecule has 3 aliphatic rings. The minimum Gasteiger partial charge on any atom is -0.357 e.